The minimum atomic E-state index is -3.44. The maximum absolute atomic E-state index is 12.7. The van der Waals surface area contributed by atoms with Crippen LogP contribution in [0.2, 0.25) is 0 Å². The molecule has 0 spiro atoms. The van der Waals surface area contributed by atoms with Crippen molar-refractivity contribution in [2.24, 2.45) is 5.73 Å². The Labute approximate surface area is 121 Å². The van der Waals surface area contributed by atoms with Gasteiger partial charge in [0.25, 0.3) is 0 Å². The average molecular weight is 297 g/mol. The van der Waals surface area contributed by atoms with Gasteiger partial charge in [-0.1, -0.05) is 12.1 Å². The molecule has 112 valence electrons. The van der Waals surface area contributed by atoms with Gasteiger partial charge in [-0.15, -0.1) is 0 Å². The molecule has 0 bridgehead atoms. The van der Waals surface area contributed by atoms with Crippen LogP contribution in [0, 0.1) is 0 Å². The molecule has 20 heavy (non-hydrogen) atoms. The van der Waals surface area contributed by atoms with E-state index in [4.69, 9.17) is 5.73 Å². The lowest BCUT2D eigenvalue weighted by atomic mass is 10.0. The highest BCUT2D eigenvalue weighted by molar-refractivity contribution is 7.89. The average Bonchev–Trinajstić information content (AvgIpc) is 2.41. The largest absolute Gasteiger partial charge is 0.326 e. The van der Waals surface area contributed by atoms with Gasteiger partial charge in [-0.25, -0.2) is 8.42 Å². The zero-order valence-corrected chi connectivity index (χ0v) is 13.2. The van der Waals surface area contributed by atoms with Crippen molar-refractivity contribution in [2.75, 3.05) is 26.7 Å². The van der Waals surface area contributed by atoms with Crippen LogP contribution in [0.1, 0.15) is 19.4 Å². The van der Waals surface area contributed by atoms with Gasteiger partial charge in [-0.3, -0.25) is 4.90 Å². The highest BCUT2D eigenvalue weighted by atomic mass is 32.2. The van der Waals surface area contributed by atoms with Crippen molar-refractivity contribution < 1.29 is 8.42 Å². The van der Waals surface area contributed by atoms with Crippen LogP contribution in [0.5, 0.6) is 0 Å². The molecule has 0 amide bonds. The molecule has 1 saturated heterocycles. The van der Waals surface area contributed by atoms with Crippen molar-refractivity contribution >= 4 is 10.0 Å². The van der Waals surface area contributed by atoms with E-state index in [0.717, 1.165) is 12.1 Å². The second kappa shape index (κ2) is 5.44. The summed E-state index contributed by atoms with van der Waals surface area (Å²) in [4.78, 5) is 2.52. The molecule has 2 rings (SSSR count). The Morgan fingerprint density at radius 1 is 1.30 bits per heavy atom. The fourth-order valence-corrected chi connectivity index (χ4v) is 4.04. The van der Waals surface area contributed by atoms with Gasteiger partial charge in [-0.2, -0.15) is 4.31 Å². The van der Waals surface area contributed by atoms with Gasteiger partial charge in [0.05, 0.1) is 4.90 Å². The number of hydrogen-bond acceptors (Lipinski definition) is 4. The summed E-state index contributed by atoms with van der Waals surface area (Å²) in [6.45, 7) is 6.23. The van der Waals surface area contributed by atoms with E-state index in [9.17, 15) is 8.42 Å². The first-order valence-corrected chi connectivity index (χ1v) is 8.22. The fourth-order valence-electron chi connectivity index (χ4n) is 2.38. The number of sulfonamides is 1. The molecule has 1 aliphatic heterocycles. The molecule has 0 saturated carbocycles. The molecule has 5 nitrogen and oxygen atoms in total. The predicted octanol–water partition coefficient (Wildman–Crippen LogP) is 0.860. The van der Waals surface area contributed by atoms with Crippen LogP contribution in [0.15, 0.2) is 29.2 Å². The van der Waals surface area contributed by atoms with Crippen LogP contribution in [-0.4, -0.2) is 49.8 Å². The first kappa shape index (κ1) is 15.4. The maximum atomic E-state index is 12.7. The Kier molecular flexibility index (Phi) is 4.20. The van der Waals surface area contributed by atoms with Gasteiger partial charge in [0.1, 0.15) is 0 Å². The minimum absolute atomic E-state index is 0.156. The second-order valence-electron chi connectivity index (χ2n) is 5.92. The SMILES string of the molecule is CN1CCN(S(=O)(=O)c2cccc(CN)c2)CC1(C)C. The Bertz CT molecular complexity index is 584. The molecule has 2 N–H and O–H groups in total. The van der Waals surface area contributed by atoms with E-state index in [1.807, 2.05) is 13.1 Å². The van der Waals surface area contributed by atoms with E-state index in [-0.39, 0.29) is 5.54 Å². The Morgan fingerprint density at radius 3 is 2.60 bits per heavy atom. The number of likely N-dealkylation sites (N-methyl/N-ethyl adjacent to an activating group) is 1. The van der Waals surface area contributed by atoms with Crippen LogP contribution in [0.4, 0.5) is 0 Å². The Hall–Kier alpha value is -0.950. The highest BCUT2D eigenvalue weighted by Crippen LogP contribution is 2.25. The van der Waals surface area contributed by atoms with E-state index in [2.05, 4.69) is 18.7 Å². The number of rotatable bonds is 3. The van der Waals surface area contributed by atoms with Gasteiger partial charge >= 0.3 is 0 Å². The number of nitrogens with zero attached hydrogens (tertiary/aromatic N) is 2. The van der Waals surface area contributed by atoms with Crippen molar-refractivity contribution in [3.63, 3.8) is 0 Å². The first-order chi connectivity index (χ1) is 9.27. The van der Waals surface area contributed by atoms with Crippen LogP contribution < -0.4 is 5.73 Å². The fraction of sp³-hybridized carbons (Fsp3) is 0.571. The summed E-state index contributed by atoms with van der Waals surface area (Å²) < 4.78 is 27.0. The summed E-state index contributed by atoms with van der Waals surface area (Å²) in [5.41, 5.74) is 6.26. The molecule has 0 aromatic heterocycles. The highest BCUT2D eigenvalue weighted by Gasteiger charge is 2.37. The number of benzene rings is 1. The van der Waals surface area contributed by atoms with Crippen LogP contribution >= 0.6 is 0 Å². The van der Waals surface area contributed by atoms with Crippen LogP contribution in [0.3, 0.4) is 0 Å². The number of nitrogens with two attached hydrogens (primary N) is 1. The van der Waals surface area contributed by atoms with Crippen LogP contribution in [-0.2, 0) is 16.6 Å². The van der Waals surface area contributed by atoms with E-state index in [1.165, 1.54) is 0 Å². The zero-order chi connectivity index (χ0) is 15.0. The molecule has 0 aliphatic carbocycles. The molecule has 1 heterocycles. The number of piperazine rings is 1. The molecule has 1 fully saturated rings. The zero-order valence-electron chi connectivity index (χ0n) is 12.3. The molecule has 1 aromatic rings. The van der Waals surface area contributed by atoms with Crippen molar-refractivity contribution in [2.45, 2.75) is 30.8 Å². The lowest BCUT2D eigenvalue weighted by Crippen LogP contribution is -2.58. The third-order valence-corrected chi connectivity index (χ3v) is 5.89. The molecular weight excluding hydrogens is 274 g/mol. The second-order valence-corrected chi connectivity index (χ2v) is 7.86. The minimum Gasteiger partial charge on any atom is -0.326 e. The van der Waals surface area contributed by atoms with E-state index in [0.29, 0.717) is 24.5 Å². The monoisotopic (exact) mass is 297 g/mol. The van der Waals surface area contributed by atoms with Crippen molar-refractivity contribution in [3.8, 4) is 0 Å². The summed E-state index contributed by atoms with van der Waals surface area (Å²) in [6, 6.07) is 6.89. The Balaban J connectivity index is 2.31. The molecule has 1 aliphatic rings. The summed E-state index contributed by atoms with van der Waals surface area (Å²) >= 11 is 0. The first-order valence-electron chi connectivity index (χ1n) is 6.78. The van der Waals surface area contributed by atoms with E-state index in [1.54, 1.807) is 22.5 Å². The van der Waals surface area contributed by atoms with Gasteiger partial charge in [0.2, 0.25) is 10.0 Å². The molecule has 0 atom stereocenters. The third-order valence-electron chi connectivity index (χ3n) is 4.05. The smallest absolute Gasteiger partial charge is 0.243 e. The molecule has 0 radical (unpaired) electrons. The van der Waals surface area contributed by atoms with Gasteiger partial charge in [0, 0.05) is 31.7 Å². The third kappa shape index (κ3) is 2.88. The normalized spacial score (nSPS) is 21.0. The van der Waals surface area contributed by atoms with Gasteiger partial charge in [0.15, 0.2) is 0 Å². The van der Waals surface area contributed by atoms with Gasteiger partial charge < -0.3 is 5.73 Å². The summed E-state index contributed by atoms with van der Waals surface area (Å²) in [7, 11) is -1.41. The van der Waals surface area contributed by atoms with E-state index < -0.39 is 10.0 Å². The predicted molar refractivity (Wildman–Crippen MR) is 79.8 cm³/mol. The van der Waals surface area contributed by atoms with Crippen molar-refractivity contribution in [1.82, 2.24) is 9.21 Å². The standard InChI is InChI=1S/C14H23N3O2S/c1-14(2)11-17(8-7-16(14)3)20(18,19)13-6-4-5-12(9-13)10-15/h4-6,9H,7-8,10-11,15H2,1-3H3. The molecule has 6 heteroatoms. The summed E-state index contributed by atoms with van der Waals surface area (Å²) in [5.74, 6) is 0. The van der Waals surface area contributed by atoms with Crippen molar-refractivity contribution in [3.05, 3.63) is 29.8 Å². The topological polar surface area (TPSA) is 66.6 Å². The summed E-state index contributed by atoms with van der Waals surface area (Å²) in [5, 5.41) is 0. The maximum Gasteiger partial charge on any atom is 0.243 e. The molecule has 0 unspecified atom stereocenters. The Morgan fingerprint density at radius 2 is 2.00 bits per heavy atom. The number of hydrogen-bond donors (Lipinski definition) is 1. The van der Waals surface area contributed by atoms with Crippen molar-refractivity contribution in [1.29, 1.82) is 0 Å². The summed E-state index contributed by atoms with van der Waals surface area (Å²) in [6.07, 6.45) is 0. The lowest BCUT2D eigenvalue weighted by molar-refractivity contribution is 0.0801. The van der Waals surface area contributed by atoms with E-state index >= 15 is 0 Å². The quantitative estimate of drug-likeness (QED) is 0.898. The lowest BCUT2D eigenvalue weighted by Gasteiger charge is -2.44. The van der Waals surface area contributed by atoms with Crippen LogP contribution in [0.25, 0.3) is 0 Å². The molecular formula is C14H23N3O2S. The van der Waals surface area contributed by atoms with Gasteiger partial charge in [-0.05, 0) is 38.6 Å². The molecule has 1 aromatic carbocycles.